The van der Waals surface area contributed by atoms with E-state index in [9.17, 15) is 5.11 Å². The Morgan fingerprint density at radius 1 is 1.53 bits per heavy atom. The van der Waals surface area contributed by atoms with E-state index < -0.39 is 0 Å². The highest BCUT2D eigenvalue weighted by Crippen LogP contribution is 2.29. The molecule has 0 amide bonds. The van der Waals surface area contributed by atoms with Crippen molar-refractivity contribution in [1.29, 1.82) is 0 Å². The molecule has 0 spiro atoms. The predicted octanol–water partition coefficient (Wildman–Crippen LogP) is 0.537. The second-order valence-electron chi connectivity index (χ2n) is 5.34. The summed E-state index contributed by atoms with van der Waals surface area (Å²) in [5, 5.41) is 12.8. The van der Waals surface area contributed by atoms with Crippen molar-refractivity contribution in [3.05, 3.63) is 0 Å². The lowest BCUT2D eigenvalue weighted by Crippen LogP contribution is -2.47. The number of rotatable bonds is 2. The fourth-order valence-electron chi connectivity index (χ4n) is 2.52. The predicted molar refractivity (Wildman–Crippen MR) is 65.4 cm³/mol. The van der Waals surface area contributed by atoms with Gasteiger partial charge in [0.15, 0.2) is 0 Å². The van der Waals surface area contributed by atoms with Gasteiger partial charge in [-0.1, -0.05) is 0 Å². The lowest BCUT2D eigenvalue weighted by Gasteiger charge is -2.38. The molecule has 2 aliphatic heterocycles. The van der Waals surface area contributed by atoms with E-state index in [0.717, 1.165) is 19.5 Å². The minimum Gasteiger partial charge on any atom is -0.392 e. The van der Waals surface area contributed by atoms with Gasteiger partial charge in [-0.2, -0.15) is 11.8 Å². The van der Waals surface area contributed by atoms with Crippen LogP contribution in [-0.2, 0) is 0 Å². The van der Waals surface area contributed by atoms with Crippen LogP contribution < -0.4 is 5.32 Å². The number of hydrogen-bond acceptors (Lipinski definition) is 4. The van der Waals surface area contributed by atoms with Crippen LogP contribution in [0.4, 0.5) is 0 Å². The van der Waals surface area contributed by atoms with Crippen molar-refractivity contribution in [2.75, 3.05) is 31.9 Å². The zero-order chi connectivity index (χ0) is 10.9. The van der Waals surface area contributed by atoms with Crippen LogP contribution in [0.5, 0.6) is 0 Å². The summed E-state index contributed by atoms with van der Waals surface area (Å²) in [5.74, 6) is 1.24. The second-order valence-corrected chi connectivity index (χ2v) is 7.14. The van der Waals surface area contributed by atoms with Crippen molar-refractivity contribution >= 4 is 11.8 Å². The molecule has 0 aromatic carbocycles. The number of aliphatic hydroxyl groups is 1. The van der Waals surface area contributed by atoms with E-state index in [0.29, 0.717) is 10.8 Å². The maximum Gasteiger partial charge on any atom is 0.0680 e. The summed E-state index contributed by atoms with van der Waals surface area (Å²) < 4.78 is 0.398. The molecule has 88 valence electrons. The van der Waals surface area contributed by atoms with Gasteiger partial charge in [0.05, 0.1) is 6.10 Å². The third-order valence-corrected chi connectivity index (χ3v) is 4.48. The molecule has 2 saturated heterocycles. The Balaban J connectivity index is 1.79. The van der Waals surface area contributed by atoms with Crippen LogP contribution in [0.25, 0.3) is 0 Å². The zero-order valence-electron chi connectivity index (χ0n) is 9.70. The monoisotopic (exact) mass is 230 g/mol. The molecule has 3 nitrogen and oxygen atoms in total. The highest BCUT2D eigenvalue weighted by Gasteiger charge is 2.30. The Labute approximate surface area is 96.6 Å². The van der Waals surface area contributed by atoms with E-state index in [-0.39, 0.29) is 6.10 Å². The van der Waals surface area contributed by atoms with Gasteiger partial charge in [0, 0.05) is 42.7 Å². The quantitative estimate of drug-likeness (QED) is 0.726. The highest BCUT2D eigenvalue weighted by molar-refractivity contribution is 8.00. The Morgan fingerprint density at radius 2 is 2.33 bits per heavy atom. The van der Waals surface area contributed by atoms with Gasteiger partial charge < -0.3 is 10.4 Å². The topological polar surface area (TPSA) is 35.5 Å². The first-order valence-electron chi connectivity index (χ1n) is 5.83. The van der Waals surface area contributed by atoms with Gasteiger partial charge in [-0.05, 0) is 20.3 Å². The van der Waals surface area contributed by atoms with Crippen LogP contribution >= 0.6 is 11.8 Å². The number of nitrogens with zero attached hydrogens (tertiary/aromatic N) is 1. The maximum absolute atomic E-state index is 9.45. The summed E-state index contributed by atoms with van der Waals surface area (Å²) in [5.41, 5.74) is 0. The molecule has 0 saturated carbocycles. The van der Waals surface area contributed by atoms with Gasteiger partial charge >= 0.3 is 0 Å². The first-order valence-corrected chi connectivity index (χ1v) is 6.81. The SMILES string of the molecule is CC1(C)CN(CC2CC(O)CN2)CCS1. The molecule has 0 radical (unpaired) electrons. The standard InChI is InChI=1S/C11H22N2OS/c1-11(2)8-13(3-4-15-11)7-9-5-10(14)6-12-9/h9-10,12,14H,3-8H2,1-2H3. The summed E-state index contributed by atoms with van der Waals surface area (Å²) in [6.07, 6.45) is 0.798. The number of β-amino-alcohol motifs (C(OH)–C–C–N with tert-alkyl or cyclic N) is 1. The van der Waals surface area contributed by atoms with Gasteiger partial charge in [-0.15, -0.1) is 0 Å². The summed E-state index contributed by atoms with van der Waals surface area (Å²) in [6.45, 7) is 8.88. The first-order chi connectivity index (χ1) is 7.05. The van der Waals surface area contributed by atoms with Gasteiger partial charge in [0.25, 0.3) is 0 Å². The molecule has 0 aliphatic carbocycles. The van der Waals surface area contributed by atoms with Gasteiger partial charge in [-0.25, -0.2) is 0 Å². The first kappa shape index (κ1) is 11.7. The minimum absolute atomic E-state index is 0.123. The normalized spacial score (nSPS) is 37.0. The van der Waals surface area contributed by atoms with Crippen molar-refractivity contribution in [3.63, 3.8) is 0 Å². The molecule has 2 N–H and O–H groups in total. The van der Waals surface area contributed by atoms with Crippen molar-refractivity contribution in [1.82, 2.24) is 10.2 Å². The molecule has 2 fully saturated rings. The number of nitrogens with one attached hydrogen (secondary N) is 1. The molecule has 2 heterocycles. The van der Waals surface area contributed by atoms with Crippen molar-refractivity contribution in [2.45, 2.75) is 37.2 Å². The largest absolute Gasteiger partial charge is 0.392 e. The average molecular weight is 230 g/mol. The number of aliphatic hydroxyl groups excluding tert-OH is 1. The van der Waals surface area contributed by atoms with Crippen molar-refractivity contribution < 1.29 is 5.11 Å². The molecule has 0 aromatic heterocycles. The van der Waals surface area contributed by atoms with Crippen LogP contribution in [0.3, 0.4) is 0 Å². The maximum atomic E-state index is 9.45. The summed E-state index contributed by atoms with van der Waals surface area (Å²) in [7, 11) is 0. The number of thioether (sulfide) groups is 1. The van der Waals surface area contributed by atoms with Gasteiger partial charge in [0.1, 0.15) is 0 Å². The molecule has 4 heteroatoms. The van der Waals surface area contributed by atoms with E-state index in [1.165, 1.54) is 18.8 Å². The Hall–Kier alpha value is 0.230. The van der Waals surface area contributed by atoms with Crippen molar-refractivity contribution in [3.8, 4) is 0 Å². The molecule has 2 atom stereocenters. The molecule has 2 unspecified atom stereocenters. The Bertz CT molecular complexity index is 223. The Kier molecular flexibility index (Phi) is 3.60. The molecule has 2 aliphatic rings. The lowest BCUT2D eigenvalue weighted by atomic mass is 10.1. The van der Waals surface area contributed by atoms with E-state index >= 15 is 0 Å². The van der Waals surface area contributed by atoms with Gasteiger partial charge in [0.2, 0.25) is 0 Å². The van der Waals surface area contributed by atoms with Crippen LogP contribution in [0.1, 0.15) is 20.3 Å². The Morgan fingerprint density at radius 3 is 2.93 bits per heavy atom. The van der Waals surface area contributed by atoms with Gasteiger partial charge in [-0.3, -0.25) is 4.90 Å². The van der Waals surface area contributed by atoms with Crippen molar-refractivity contribution in [2.24, 2.45) is 0 Å². The molecule has 0 bridgehead atoms. The van der Waals surface area contributed by atoms with E-state index in [1.807, 2.05) is 0 Å². The van der Waals surface area contributed by atoms with Crippen LogP contribution in [0, 0.1) is 0 Å². The number of hydrogen-bond donors (Lipinski definition) is 2. The van der Waals surface area contributed by atoms with E-state index in [4.69, 9.17) is 0 Å². The fraction of sp³-hybridized carbons (Fsp3) is 1.00. The summed E-state index contributed by atoms with van der Waals surface area (Å²) >= 11 is 2.07. The van der Waals surface area contributed by atoms with E-state index in [2.05, 4.69) is 35.8 Å². The fourth-order valence-corrected chi connectivity index (χ4v) is 3.69. The summed E-state index contributed by atoms with van der Waals surface area (Å²) in [6, 6.07) is 0.499. The molecule has 0 aromatic rings. The van der Waals surface area contributed by atoms with Crippen LogP contribution in [0.15, 0.2) is 0 Å². The third kappa shape index (κ3) is 3.34. The molecule has 2 rings (SSSR count). The smallest absolute Gasteiger partial charge is 0.0680 e. The second kappa shape index (κ2) is 4.62. The van der Waals surface area contributed by atoms with Crippen LogP contribution in [0.2, 0.25) is 0 Å². The molecule has 15 heavy (non-hydrogen) atoms. The summed E-state index contributed by atoms with van der Waals surface area (Å²) in [4.78, 5) is 2.53. The zero-order valence-corrected chi connectivity index (χ0v) is 10.5. The molecular formula is C11H22N2OS. The average Bonchev–Trinajstić information content (AvgIpc) is 2.49. The van der Waals surface area contributed by atoms with Crippen LogP contribution in [-0.4, -0.2) is 58.8 Å². The van der Waals surface area contributed by atoms with E-state index in [1.54, 1.807) is 0 Å². The highest BCUT2D eigenvalue weighted by atomic mass is 32.2. The molecular weight excluding hydrogens is 208 g/mol. The minimum atomic E-state index is -0.123. The third-order valence-electron chi connectivity index (χ3n) is 3.18. The lowest BCUT2D eigenvalue weighted by molar-refractivity contribution is 0.185.